The van der Waals surface area contributed by atoms with Gasteiger partial charge in [-0.1, -0.05) is 12.1 Å². The highest BCUT2D eigenvalue weighted by atomic mass is 19.4. The molecule has 0 saturated heterocycles. The van der Waals surface area contributed by atoms with E-state index in [1.54, 1.807) is 36.4 Å². The molecule has 1 heterocycles. The minimum absolute atomic E-state index is 0.0510. The fraction of sp³-hybridized carbons (Fsp3) is 0.100. The number of benzene rings is 2. The van der Waals surface area contributed by atoms with E-state index < -0.39 is 17.6 Å². The van der Waals surface area contributed by atoms with E-state index >= 15 is 0 Å². The number of para-hydroxylation sites is 1. The third-order valence-electron chi connectivity index (χ3n) is 3.93. The van der Waals surface area contributed by atoms with Gasteiger partial charge in [0.15, 0.2) is 0 Å². The molecule has 0 aliphatic heterocycles. The van der Waals surface area contributed by atoms with Crippen molar-refractivity contribution in [2.75, 3.05) is 12.4 Å². The van der Waals surface area contributed by atoms with E-state index in [1.807, 2.05) is 0 Å². The van der Waals surface area contributed by atoms with E-state index in [0.29, 0.717) is 17.7 Å². The van der Waals surface area contributed by atoms with Crippen LogP contribution in [-0.2, 0) is 6.18 Å². The molecule has 0 saturated carbocycles. The Morgan fingerprint density at radius 3 is 2.31 bits per heavy atom. The molecule has 6 nitrogen and oxygen atoms in total. The van der Waals surface area contributed by atoms with Crippen molar-refractivity contribution in [3.05, 3.63) is 71.9 Å². The van der Waals surface area contributed by atoms with E-state index in [2.05, 4.69) is 10.3 Å². The van der Waals surface area contributed by atoms with Crippen molar-refractivity contribution in [3.63, 3.8) is 0 Å². The van der Waals surface area contributed by atoms with Crippen LogP contribution in [0.2, 0.25) is 0 Å². The quantitative estimate of drug-likeness (QED) is 0.621. The van der Waals surface area contributed by atoms with Gasteiger partial charge in [-0.3, -0.25) is 4.79 Å². The monoisotopic (exact) mass is 403 g/mol. The highest BCUT2D eigenvalue weighted by Gasteiger charge is 2.34. The van der Waals surface area contributed by atoms with Gasteiger partial charge in [0.05, 0.1) is 29.6 Å². The van der Waals surface area contributed by atoms with E-state index in [0.717, 1.165) is 6.07 Å². The second-order valence-corrected chi connectivity index (χ2v) is 5.88. The number of anilines is 2. The summed E-state index contributed by atoms with van der Waals surface area (Å²) in [6, 6.07) is 13.5. The Morgan fingerprint density at radius 1 is 1.03 bits per heavy atom. The van der Waals surface area contributed by atoms with Crippen molar-refractivity contribution in [3.8, 4) is 17.4 Å². The molecule has 0 aliphatic carbocycles. The van der Waals surface area contributed by atoms with Crippen LogP contribution in [0.5, 0.6) is 17.4 Å². The lowest BCUT2D eigenvalue weighted by Crippen LogP contribution is -2.15. The molecule has 0 spiro atoms. The zero-order chi connectivity index (χ0) is 21.0. The molecule has 3 aromatic rings. The summed E-state index contributed by atoms with van der Waals surface area (Å²) in [7, 11) is 1.51. The molecule has 3 N–H and O–H groups in total. The van der Waals surface area contributed by atoms with Gasteiger partial charge in [0.2, 0.25) is 5.88 Å². The number of nitrogens with zero attached hydrogens (tertiary/aromatic N) is 1. The zero-order valence-corrected chi connectivity index (χ0v) is 15.2. The van der Waals surface area contributed by atoms with Crippen LogP contribution in [0.1, 0.15) is 15.9 Å². The SMILES string of the molecule is COc1ccc(Oc2cc(Nc3ccccc3C(N)=O)c(C(F)(F)F)cn2)cc1. The molecule has 9 heteroatoms. The van der Waals surface area contributed by atoms with Crippen LogP contribution in [0.3, 0.4) is 0 Å². The summed E-state index contributed by atoms with van der Waals surface area (Å²) in [5, 5.41) is 2.61. The molecular weight excluding hydrogens is 387 g/mol. The number of methoxy groups -OCH3 is 1. The number of hydrogen-bond donors (Lipinski definition) is 2. The molecule has 2 aromatic carbocycles. The Morgan fingerprint density at radius 2 is 1.69 bits per heavy atom. The standard InChI is InChI=1S/C20H16F3N3O3/c1-28-12-6-8-13(9-7-12)29-18-10-17(15(11-25-18)20(21,22)23)26-16-5-3-2-4-14(16)19(24)27/h2-11H,1H3,(H2,24,27)(H,25,26). The number of aromatic nitrogens is 1. The number of pyridine rings is 1. The van der Waals surface area contributed by atoms with Gasteiger partial charge < -0.3 is 20.5 Å². The Bertz CT molecular complexity index is 1020. The molecule has 0 bridgehead atoms. The second kappa shape index (κ2) is 8.09. The summed E-state index contributed by atoms with van der Waals surface area (Å²) < 4.78 is 50.9. The zero-order valence-electron chi connectivity index (χ0n) is 15.2. The summed E-state index contributed by atoms with van der Waals surface area (Å²) in [4.78, 5) is 15.3. The fourth-order valence-electron chi connectivity index (χ4n) is 2.54. The largest absolute Gasteiger partial charge is 0.497 e. The maximum Gasteiger partial charge on any atom is 0.419 e. The number of amides is 1. The summed E-state index contributed by atoms with van der Waals surface area (Å²) in [5.74, 6) is 0.123. The first-order chi connectivity index (χ1) is 13.8. The molecule has 0 unspecified atom stereocenters. The smallest absolute Gasteiger partial charge is 0.419 e. The molecule has 3 rings (SSSR count). The van der Waals surface area contributed by atoms with Gasteiger partial charge >= 0.3 is 6.18 Å². The Labute approximate surface area is 164 Å². The van der Waals surface area contributed by atoms with E-state index in [1.165, 1.54) is 19.2 Å². The number of primary amides is 1. The van der Waals surface area contributed by atoms with Crippen molar-refractivity contribution < 1.29 is 27.4 Å². The first-order valence-corrected chi connectivity index (χ1v) is 8.33. The molecule has 1 amide bonds. The van der Waals surface area contributed by atoms with Crippen molar-refractivity contribution >= 4 is 17.3 Å². The summed E-state index contributed by atoms with van der Waals surface area (Å²) in [5.41, 5.74) is 4.14. The third kappa shape index (κ3) is 4.75. The number of carbonyl (C=O) groups excluding carboxylic acids is 1. The molecule has 0 radical (unpaired) electrons. The molecule has 0 atom stereocenters. The lowest BCUT2D eigenvalue weighted by atomic mass is 10.1. The maximum atomic E-state index is 13.4. The summed E-state index contributed by atoms with van der Waals surface area (Å²) in [6.07, 6.45) is -4.01. The highest BCUT2D eigenvalue weighted by molar-refractivity contribution is 5.99. The van der Waals surface area contributed by atoms with Gasteiger partial charge in [0.25, 0.3) is 5.91 Å². The molecule has 150 valence electrons. The van der Waals surface area contributed by atoms with E-state index in [9.17, 15) is 18.0 Å². The second-order valence-electron chi connectivity index (χ2n) is 5.88. The Balaban J connectivity index is 1.97. The normalized spacial score (nSPS) is 11.0. The van der Waals surface area contributed by atoms with E-state index in [4.69, 9.17) is 15.2 Å². The number of nitrogens with one attached hydrogen (secondary N) is 1. The van der Waals surface area contributed by atoms with Crippen molar-refractivity contribution in [2.45, 2.75) is 6.18 Å². The van der Waals surface area contributed by atoms with Gasteiger partial charge in [-0.15, -0.1) is 0 Å². The molecule has 0 fully saturated rings. The van der Waals surface area contributed by atoms with Crippen LogP contribution >= 0.6 is 0 Å². The lowest BCUT2D eigenvalue weighted by molar-refractivity contribution is -0.137. The average molecular weight is 403 g/mol. The molecule has 29 heavy (non-hydrogen) atoms. The molecule has 0 aliphatic rings. The number of nitrogens with two attached hydrogens (primary N) is 1. The van der Waals surface area contributed by atoms with Gasteiger partial charge in [-0.2, -0.15) is 13.2 Å². The Kier molecular flexibility index (Phi) is 5.58. The molecular formula is C20H16F3N3O3. The average Bonchev–Trinajstić information content (AvgIpc) is 2.68. The van der Waals surface area contributed by atoms with Crippen LogP contribution in [0, 0.1) is 0 Å². The number of alkyl halides is 3. The maximum absolute atomic E-state index is 13.4. The van der Waals surface area contributed by atoms with Crippen LogP contribution in [0.25, 0.3) is 0 Å². The summed E-state index contributed by atoms with van der Waals surface area (Å²) >= 11 is 0. The van der Waals surface area contributed by atoms with Crippen LogP contribution in [0.15, 0.2) is 60.8 Å². The van der Waals surface area contributed by atoms with Gasteiger partial charge in [0.1, 0.15) is 11.5 Å². The number of carbonyl (C=O) groups is 1. The van der Waals surface area contributed by atoms with Gasteiger partial charge in [-0.25, -0.2) is 4.98 Å². The first kappa shape index (κ1) is 20.0. The van der Waals surface area contributed by atoms with Crippen molar-refractivity contribution in [1.29, 1.82) is 0 Å². The summed E-state index contributed by atoms with van der Waals surface area (Å²) in [6.45, 7) is 0. The number of hydrogen-bond acceptors (Lipinski definition) is 5. The van der Waals surface area contributed by atoms with Crippen molar-refractivity contribution in [2.24, 2.45) is 5.73 Å². The number of halogens is 3. The molecule has 1 aromatic heterocycles. The van der Waals surface area contributed by atoms with Crippen LogP contribution in [0.4, 0.5) is 24.5 Å². The van der Waals surface area contributed by atoms with Gasteiger partial charge in [-0.05, 0) is 36.4 Å². The third-order valence-corrected chi connectivity index (χ3v) is 3.93. The lowest BCUT2D eigenvalue weighted by Gasteiger charge is -2.17. The van der Waals surface area contributed by atoms with Crippen LogP contribution in [-0.4, -0.2) is 18.0 Å². The predicted octanol–water partition coefficient (Wildman–Crippen LogP) is 4.74. The highest BCUT2D eigenvalue weighted by Crippen LogP contribution is 2.38. The Hall–Kier alpha value is -3.75. The topological polar surface area (TPSA) is 86.5 Å². The van der Waals surface area contributed by atoms with Crippen LogP contribution < -0.4 is 20.5 Å². The van der Waals surface area contributed by atoms with Crippen molar-refractivity contribution in [1.82, 2.24) is 4.98 Å². The number of ether oxygens (including phenoxy) is 2. The minimum Gasteiger partial charge on any atom is -0.497 e. The van der Waals surface area contributed by atoms with Gasteiger partial charge in [0, 0.05) is 12.3 Å². The first-order valence-electron chi connectivity index (χ1n) is 8.33. The fourth-order valence-corrected chi connectivity index (χ4v) is 2.54. The van der Waals surface area contributed by atoms with E-state index in [-0.39, 0.29) is 22.8 Å². The predicted molar refractivity (Wildman–Crippen MR) is 101 cm³/mol. The number of rotatable bonds is 6. The minimum atomic E-state index is -4.67.